The summed E-state index contributed by atoms with van der Waals surface area (Å²) in [6.07, 6.45) is -1.13. The molecular formula is C58H60N14O12S6. The van der Waals surface area contributed by atoms with Crippen LogP contribution >= 0.6 is 68.0 Å². The number of fused-ring (bicyclic) bond motifs is 14. The number of likely N-dealkylation sites (tertiary alicyclic amines) is 1. The fraction of sp³-hybridized carbons (Fsp3) is 0.362. The topological polar surface area (TPSA) is 363 Å². The molecule has 7 aromatic heterocycles. The van der Waals surface area contributed by atoms with Gasteiger partial charge < -0.3 is 51.5 Å². The van der Waals surface area contributed by atoms with Crippen LogP contribution in [0.2, 0.25) is 0 Å². The first-order chi connectivity index (χ1) is 43.3. The molecule has 8 N–H and O–H groups in total. The van der Waals surface area contributed by atoms with Crippen LogP contribution in [0, 0.1) is 18.8 Å². The van der Waals surface area contributed by atoms with E-state index >= 15 is 0 Å². The van der Waals surface area contributed by atoms with Crippen LogP contribution in [0.15, 0.2) is 64.0 Å². The molecule has 0 aliphatic carbocycles. The average molecular weight is 1340 g/mol. The van der Waals surface area contributed by atoms with E-state index in [0.717, 1.165) is 45.3 Å². The van der Waals surface area contributed by atoms with Crippen molar-refractivity contribution in [2.45, 2.75) is 83.7 Å². The van der Waals surface area contributed by atoms with Crippen molar-refractivity contribution in [3.05, 3.63) is 111 Å². The van der Waals surface area contributed by atoms with Crippen molar-refractivity contribution in [2.24, 2.45) is 11.8 Å². The largest absolute Gasteiger partial charge is 0.481 e. The highest BCUT2D eigenvalue weighted by molar-refractivity contribution is 7.15. The number of benzene rings is 1. The van der Waals surface area contributed by atoms with Gasteiger partial charge in [-0.15, -0.1) is 68.0 Å². The summed E-state index contributed by atoms with van der Waals surface area (Å²) in [5, 5.41) is 54.0. The van der Waals surface area contributed by atoms with Gasteiger partial charge in [0.05, 0.1) is 48.1 Å². The van der Waals surface area contributed by atoms with Crippen LogP contribution in [0.5, 0.6) is 0 Å². The van der Waals surface area contributed by atoms with Gasteiger partial charge in [-0.25, -0.2) is 39.7 Å². The Morgan fingerprint density at radius 3 is 2.14 bits per heavy atom. The van der Waals surface area contributed by atoms with Crippen molar-refractivity contribution in [3.63, 3.8) is 0 Å². The highest BCUT2D eigenvalue weighted by Gasteiger charge is 2.35. The second-order valence-corrected chi connectivity index (χ2v) is 27.0. The van der Waals surface area contributed by atoms with Crippen LogP contribution in [-0.4, -0.2) is 143 Å². The smallest absolute Gasteiger partial charge is 0.325 e. The molecule has 1 fully saturated rings. The van der Waals surface area contributed by atoms with E-state index in [0.29, 0.717) is 68.7 Å². The van der Waals surface area contributed by atoms with Crippen LogP contribution in [-0.2, 0) is 30.5 Å². The number of methoxy groups -OCH3 is 1. The molecule has 10 rings (SSSR count). The number of rotatable bonds is 14. The first kappa shape index (κ1) is 64.6. The predicted molar refractivity (Wildman–Crippen MR) is 338 cm³/mol. The van der Waals surface area contributed by atoms with Gasteiger partial charge in [0.2, 0.25) is 11.8 Å². The minimum atomic E-state index is -1.31. The predicted octanol–water partition coefficient (Wildman–Crippen LogP) is 7.90. The number of urea groups is 1. The van der Waals surface area contributed by atoms with Crippen LogP contribution in [0.4, 0.5) is 10.6 Å². The number of aliphatic carboxylic acids is 2. The summed E-state index contributed by atoms with van der Waals surface area (Å²) >= 11 is 7.00. The number of amides is 7. The molecule has 9 heterocycles. The number of aromatic nitrogens is 7. The molecule has 0 saturated carbocycles. The van der Waals surface area contributed by atoms with Gasteiger partial charge in [0, 0.05) is 72.2 Å². The molecule has 7 amide bonds. The normalized spacial score (nSPS) is 17.2. The molecule has 26 nitrogen and oxygen atoms in total. The zero-order valence-electron chi connectivity index (χ0n) is 48.9. The van der Waals surface area contributed by atoms with E-state index in [1.807, 2.05) is 13.8 Å². The molecule has 1 aromatic carbocycles. The molecule has 0 radical (unpaired) electrons. The average Bonchev–Trinajstić information content (AvgIpc) is 1.76. The summed E-state index contributed by atoms with van der Waals surface area (Å²) in [6, 6.07) is 8.83. The maximum atomic E-state index is 14.4. The Labute approximate surface area is 538 Å². The van der Waals surface area contributed by atoms with Crippen molar-refractivity contribution in [1.29, 1.82) is 0 Å². The van der Waals surface area contributed by atoms with E-state index in [-0.39, 0.29) is 92.2 Å². The van der Waals surface area contributed by atoms with Crippen LogP contribution in [0.1, 0.15) is 132 Å². The Balaban J connectivity index is 1.05. The number of carboxylic acids is 2. The monoisotopic (exact) mass is 1340 g/mol. The molecular weight excluding hydrogens is 1280 g/mol. The molecule has 4 atom stereocenters. The maximum Gasteiger partial charge on any atom is 0.325 e. The number of aryl methyl sites for hydroxylation is 1. The third-order valence-corrected chi connectivity index (χ3v) is 20.3. The lowest BCUT2D eigenvalue weighted by Crippen LogP contribution is -2.48. The van der Waals surface area contributed by atoms with E-state index < -0.39 is 84.2 Å². The first-order valence-corrected chi connectivity index (χ1v) is 33.4. The Bertz CT molecular complexity index is 3980. The number of anilines is 1. The number of thiazole rings is 6. The molecule has 0 spiro atoms. The van der Waals surface area contributed by atoms with Crippen LogP contribution in [0.25, 0.3) is 43.4 Å². The second kappa shape index (κ2) is 28.6. The lowest BCUT2D eigenvalue weighted by Gasteiger charge is -2.34. The minimum Gasteiger partial charge on any atom is -0.481 e. The van der Waals surface area contributed by atoms with Crippen molar-refractivity contribution < 1.29 is 58.4 Å². The summed E-state index contributed by atoms with van der Waals surface area (Å²) < 4.78 is 5.45. The number of carbonyl (C=O) groups excluding carboxylic acids is 6. The molecule has 2 aliphatic rings. The van der Waals surface area contributed by atoms with Gasteiger partial charge in [-0.05, 0) is 49.8 Å². The summed E-state index contributed by atoms with van der Waals surface area (Å²) in [5.41, 5.74) is 2.35. The van der Waals surface area contributed by atoms with Crippen molar-refractivity contribution in [1.82, 2.24) is 66.4 Å². The highest BCUT2D eigenvalue weighted by atomic mass is 32.1. The number of nitrogens with zero attached hydrogens (tertiary/aromatic N) is 9. The number of aliphatic hydroxyl groups is 1. The zero-order chi connectivity index (χ0) is 63.9. The molecule has 1 unspecified atom stereocenters. The summed E-state index contributed by atoms with van der Waals surface area (Å²) in [7, 11) is 2.92. The van der Waals surface area contributed by atoms with E-state index in [2.05, 4.69) is 26.6 Å². The lowest BCUT2D eigenvalue weighted by molar-refractivity contribution is -0.143. The molecule has 8 aromatic rings. The van der Waals surface area contributed by atoms with E-state index in [4.69, 9.17) is 39.6 Å². The van der Waals surface area contributed by atoms with E-state index in [1.165, 1.54) is 41.7 Å². The third-order valence-electron chi connectivity index (χ3n) is 14.6. The number of carbonyl (C=O) groups is 8. The SMILES string of the molecule is CNC(=O)C[C@@H]1NC(=O)c2csc(n2)-c2ccc(-c3nc(N(CCCC(=O)O)C(=O)N4CCC(C(=O)O)CC4)cs3)nc2-c2csc(n2)-c2csc(n2)[C@H]([C@@H](O)c2ccccc2)NC(=O)CNC(=O)c2nc(sc2COC)C(C(C)C)NC(=O)c2nc1sc2C. The van der Waals surface area contributed by atoms with Crippen LogP contribution in [0.3, 0.4) is 0 Å². The number of aliphatic hydroxyl groups excluding tert-OH is 1. The third kappa shape index (κ3) is 14.8. The Hall–Kier alpha value is -8.37. The molecule has 2 aliphatic heterocycles. The number of carboxylic acid groups (broad SMARTS) is 2. The summed E-state index contributed by atoms with van der Waals surface area (Å²) in [6.45, 7) is 5.28. The quantitative estimate of drug-likeness (QED) is 0.0512. The van der Waals surface area contributed by atoms with E-state index in [9.17, 15) is 53.7 Å². The Kier molecular flexibility index (Phi) is 20.6. The number of pyridine rings is 1. The maximum absolute atomic E-state index is 14.4. The van der Waals surface area contributed by atoms with Gasteiger partial charge in [-0.3, -0.25) is 38.5 Å². The first-order valence-electron chi connectivity index (χ1n) is 28.2. The van der Waals surface area contributed by atoms with Gasteiger partial charge in [0.1, 0.15) is 82.2 Å². The minimum absolute atomic E-state index is 0.0102. The van der Waals surface area contributed by atoms with Crippen LogP contribution < -0.4 is 31.5 Å². The summed E-state index contributed by atoms with van der Waals surface area (Å²) in [5.74, 6) is -5.59. The molecule has 90 heavy (non-hydrogen) atoms. The van der Waals surface area contributed by atoms with Gasteiger partial charge in [-0.1, -0.05) is 44.2 Å². The van der Waals surface area contributed by atoms with Gasteiger partial charge in [0.15, 0.2) is 0 Å². The summed E-state index contributed by atoms with van der Waals surface area (Å²) in [4.78, 5) is 145. The highest BCUT2D eigenvalue weighted by Crippen LogP contribution is 2.41. The van der Waals surface area contributed by atoms with Crippen molar-refractivity contribution >= 4 is 121 Å². The van der Waals surface area contributed by atoms with Gasteiger partial charge in [0.25, 0.3) is 17.7 Å². The number of piperidine rings is 1. The number of hydrogen-bond donors (Lipinski definition) is 8. The van der Waals surface area contributed by atoms with E-state index in [1.54, 1.807) is 75.8 Å². The Morgan fingerprint density at radius 1 is 0.722 bits per heavy atom. The Morgan fingerprint density at radius 2 is 1.42 bits per heavy atom. The van der Waals surface area contributed by atoms with Gasteiger partial charge >= 0.3 is 18.0 Å². The number of nitrogens with one attached hydrogen (secondary N) is 5. The van der Waals surface area contributed by atoms with Crippen molar-refractivity contribution in [3.8, 4) is 43.4 Å². The number of ether oxygens (including phenoxy) is 1. The zero-order valence-corrected chi connectivity index (χ0v) is 53.8. The fourth-order valence-corrected chi connectivity index (χ4v) is 15.4. The molecule has 1 saturated heterocycles. The molecule has 470 valence electrons. The number of hydrogen-bond acceptors (Lipinski definition) is 23. The standard InChI is InChI=1S/C58H60N14O12S6/c1-27(2)42-56-70-45(37(90-56)22-84-5)49(79)60-21-40(74)67-46(47(77)29-10-7-6-8-11-29)55-65-36(25-87-55)53-63-34(23-86-53)44-31(51-64-35(24-85-51)48(78)62-33(20-39(73)59-4)54-69-43(28(3)89-54)50(80)68-42)13-14-32(61-44)52-66-38(26-88-52)72(17-9-12-41(75)76)58(83)71-18-15-30(16-19-71)57(81)82/h6-8,10-11,13-14,23-27,30,33,42,46-47,77H,9,12,15-22H2,1-5H3,(H,59,73)(H,60,79)(H,62,78)(H,67,74)(H,68,80)(H,75,76)(H,81,82)/t33-,42?,46-,47-/m0/s1. The molecule has 32 heteroatoms. The second-order valence-electron chi connectivity index (χ2n) is 21.2. The molecule has 10 bridgehead atoms. The lowest BCUT2D eigenvalue weighted by atomic mass is 9.97. The fourth-order valence-electron chi connectivity index (χ4n) is 9.88. The van der Waals surface area contributed by atoms with Gasteiger partial charge in [-0.2, -0.15) is 0 Å². The van der Waals surface area contributed by atoms with Crippen molar-refractivity contribution in [2.75, 3.05) is 45.2 Å².